The summed E-state index contributed by atoms with van der Waals surface area (Å²) in [6.07, 6.45) is 2.80. The minimum atomic E-state index is -0.233. The molecule has 0 bridgehead atoms. The van der Waals surface area contributed by atoms with Crippen LogP contribution in [0.4, 0.5) is 4.39 Å². The van der Waals surface area contributed by atoms with Crippen molar-refractivity contribution in [3.63, 3.8) is 0 Å². The largest absolute Gasteiger partial charge is 0.384 e. The lowest BCUT2D eigenvalue weighted by molar-refractivity contribution is 0.149. The van der Waals surface area contributed by atoms with Crippen LogP contribution in [-0.4, -0.2) is 26.3 Å². The molecule has 0 fully saturated rings. The van der Waals surface area contributed by atoms with Crippen LogP contribution >= 0.6 is 11.6 Å². The molecule has 1 aromatic rings. The first-order chi connectivity index (χ1) is 9.56. The second-order valence-corrected chi connectivity index (χ2v) is 5.79. The van der Waals surface area contributed by atoms with Gasteiger partial charge in [0.2, 0.25) is 0 Å². The summed E-state index contributed by atoms with van der Waals surface area (Å²) in [6, 6.07) is 4.85. The van der Waals surface area contributed by atoms with Crippen LogP contribution in [0.5, 0.6) is 0 Å². The summed E-state index contributed by atoms with van der Waals surface area (Å²) in [7, 11) is 1.72. The molecule has 0 aromatic heterocycles. The van der Waals surface area contributed by atoms with Crippen LogP contribution in [0.3, 0.4) is 0 Å². The maximum Gasteiger partial charge on any atom is 0.123 e. The van der Waals surface area contributed by atoms with Crippen LogP contribution in [0.1, 0.15) is 32.3 Å². The predicted molar refractivity (Wildman–Crippen MR) is 82.9 cm³/mol. The van der Waals surface area contributed by atoms with Gasteiger partial charge in [0.05, 0.1) is 0 Å². The van der Waals surface area contributed by atoms with E-state index in [4.69, 9.17) is 16.3 Å². The van der Waals surface area contributed by atoms with E-state index in [1.54, 1.807) is 13.2 Å². The number of benzene rings is 1. The molecule has 0 saturated carbocycles. The predicted octanol–water partition coefficient (Wildman–Crippen LogP) is 4.06. The average molecular weight is 302 g/mol. The highest BCUT2D eigenvalue weighted by Crippen LogP contribution is 2.20. The van der Waals surface area contributed by atoms with Crippen molar-refractivity contribution in [1.29, 1.82) is 0 Å². The number of hydrogen-bond donors (Lipinski definition) is 1. The lowest BCUT2D eigenvalue weighted by Crippen LogP contribution is -2.34. The van der Waals surface area contributed by atoms with Crippen molar-refractivity contribution in [2.75, 3.05) is 20.3 Å². The molecule has 1 N–H and O–H groups in total. The fraction of sp³-hybridized carbons (Fsp3) is 0.625. The van der Waals surface area contributed by atoms with Crippen molar-refractivity contribution in [3.8, 4) is 0 Å². The van der Waals surface area contributed by atoms with E-state index in [2.05, 4.69) is 19.2 Å². The summed E-state index contributed by atoms with van der Waals surface area (Å²) in [4.78, 5) is 0. The van der Waals surface area contributed by atoms with Gasteiger partial charge in [-0.05, 0) is 55.5 Å². The highest BCUT2D eigenvalue weighted by atomic mass is 35.5. The minimum absolute atomic E-state index is 0.233. The van der Waals surface area contributed by atoms with Gasteiger partial charge in [-0.3, -0.25) is 0 Å². The van der Waals surface area contributed by atoms with E-state index < -0.39 is 0 Å². The van der Waals surface area contributed by atoms with Crippen LogP contribution in [0, 0.1) is 11.7 Å². The standard InChI is InChI=1S/C16H25ClFNO/c1-4-7-19-15(8-12(2)11-20-3)10-13-9-14(18)5-6-16(13)17/h5-6,9,12,15,19H,4,7-8,10-11H2,1-3H3. The van der Waals surface area contributed by atoms with Crippen molar-refractivity contribution >= 4 is 11.6 Å². The summed E-state index contributed by atoms with van der Waals surface area (Å²) in [5.74, 6) is 0.227. The molecular weight excluding hydrogens is 277 g/mol. The van der Waals surface area contributed by atoms with Gasteiger partial charge in [0.25, 0.3) is 0 Å². The number of halogens is 2. The van der Waals surface area contributed by atoms with Crippen molar-refractivity contribution in [3.05, 3.63) is 34.6 Å². The molecule has 0 saturated heterocycles. The number of methoxy groups -OCH3 is 1. The van der Waals surface area contributed by atoms with Crippen LogP contribution in [0.15, 0.2) is 18.2 Å². The fourth-order valence-electron chi connectivity index (χ4n) is 2.39. The zero-order valence-electron chi connectivity index (χ0n) is 12.6. The van der Waals surface area contributed by atoms with E-state index in [0.717, 1.165) is 38.0 Å². The number of nitrogens with one attached hydrogen (secondary N) is 1. The summed E-state index contributed by atoms with van der Waals surface area (Å²) in [5.41, 5.74) is 0.866. The molecule has 0 aliphatic heterocycles. The Morgan fingerprint density at radius 1 is 1.40 bits per heavy atom. The molecule has 0 radical (unpaired) electrons. The Labute approximate surface area is 126 Å². The Bertz CT molecular complexity index is 400. The molecule has 4 heteroatoms. The fourth-order valence-corrected chi connectivity index (χ4v) is 2.59. The molecule has 2 atom stereocenters. The van der Waals surface area contributed by atoms with E-state index in [0.29, 0.717) is 17.0 Å². The van der Waals surface area contributed by atoms with Gasteiger partial charge < -0.3 is 10.1 Å². The van der Waals surface area contributed by atoms with Crippen LogP contribution in [0.2, 0.25) is 5.02 Å². The van der Waals surface area contributed by atoms with Crippen molar-refractivity contribution in [2.24, 2.45) is 5.92 Å². The van der Waals surface area contributed by atoms with E-state index in [9.17, 15) is 4.39 Å². The van der Waals surface area contributed by atoms with Gasteiger partial charge >= 0.3 is 0 Å². The molecule has 1 aromatic carbocycles. The summed E-state index contributed by atoms with van der Waals surface area (Å²) in [6.45, 7) is 5.99. The van der Waals surface area contributed by atoms with E-state index in [-0.39, 0.29) is 5.82 Å². The zero-order valence-corrected chi connectivity index (χ0v) is 13.3. The smallest absolute Gasteiger partial charge is 0.123 e. The Kier molecular flexibility index (Phi) is 8.12. The SMILES string of the molecule is CCCNC(Cc1cc(F)ccc1Cl)CC(C)COC. The molecule has 114 valence electrons. The highest BCUT2D eigenvalue weighted by molar-refractivity contribution is 6.31. The molecule has 0 spiro atoms. The second kappa shape index (κ2) is 9.32. The van der Waals surface area contributed by atoms with Crippen molar-refractivity contribution in [2.45, 2.75) is 39.2 Å². The lowest BCUT2D eigenvalue weighted by Gasteiger charge is -2.22. The van der Waals surface area contributed by atoms with Gasteiger partial charge in [0, 0.05) is 24.8 Å². The average Bonchev–Trinajstić information content (AvgIpc) is 2.40. The van der Waals surface area contributed by atoms with Crippen LogP contribution in [0.25, 0.3) is 0 Å². The molecular formula is C16H25ClFNO. The topological polar surface area (TPSA) is 21.3 Å². The van der Waals surface area contributed by atoms with Gasteiger partial charge in [-0.25, -0.2) is 4.39 Å². The van der Waals surface area contributed by atoms with E-state index in [1.807, 2.05) is 0 Å². The Balaban J connectivity index is 2.69. The van der Waals surface area contributed by atoms with Gasteiger partial charge in [-0.15, -0.1) is 0 Å². The van der Waals surface area contributed by atoms with Crippen LogP contribution in [-0.2, 0) is 11.2 Å². The molecule has 0 aliphatic rings. The number of rotatable bonds is 9. The molecule has 0 heterocycles. The van der Waals surface area contributed by atoms with Crippen LogP contribution < -0.4 is 5.32 Å². The Hall–Kier alpha value is -0.640. The molecule has 0 aliphatic carbocycles. The summed E-state index contributed by atoms with van der Waals surface area (Å²) < 4.78 is 18.5. The summed E-state index contributed by atoms with van der Waals surface area (Å²) >= 11 is 6.15. The van der Waals surface area contributed by atoms with Gasteiger partial charge in [-0.2, -0.15) is 0 Å². The third-order valence-corrected chi connectivity index (χ3v) is 3.66. The summed E-state index contributed by atoms with van der Waals surface area (Å²) in [5, 5.41) is 4.15. The monoisotopic (exact) mass is 301 g/mol. The third kappa shape index (κ3) is 6.21. The van der Waals surface area contributed by atoms with Crippen molar-refractivity contribution < 1.29 is 9.13 Å². The maximum atomic E-state index is 13.3. The molecule has 0 amide bonds. The molecule has 1 rings (SSSR count). The van der Waals surface area contributed by atoms with E-state index in [1.165, 1.54) is 12.1 Å². The Morgan fingerprint density at radius 3 is 2.80 bits per heavy atom. The van der Waals surface area contributed by atoms with Gasteiger partial charge in [0.1, 0.15) is 5.82 Å². The quantitative estimate of drug-likeness (QED) is 0.742. The van der Waals surface area contributed by atoms with Gasteiger partial charge in [-0.1, -0.05) is 25.4 Å². The van der Waals surface area contributed by atoms with Crippen molar-refractivity contribution in [1.82, 2.24) is 5.32 Å². The highest BCUT2D eigenvalue weighted by Gasteiger charge is 2.15. The molecule has 20 heavy (non-hydrogen) atoms. The first-order valence-corrected chi connectivity index (χ1v) is 7.60. The normalized spacial score (nSPS) is 14.2. The first-order valence-electron chi connectivity index (χ1n) is 7.23. The van der Waals surface area contributed by atoms with E-state index >= 15 is 0 Å². The van der Waals surface area contributed by atoms with Gasteiger partial charge in [0.15, 0.2) is 0 Å². The molecule has 2 nitrogen and oxygen atoms in total. The zero-order chi connectivity index (χ0) is 15.0. The minimum Gasteiger partial charge on any atom is -0.384 e. The Morgan fingerprint density at radius 2 is 2.15 bits per heavy atom. The maximum absolute atomic E-state index is 13.3. The first kappa shape index (κ1) is 17.4. The lowest BCUT2D eigenvalue weighted by atomic mass is 9.96. The number of hydrogen-bond acceptors (Lipinski definition) is 2. The third-order valence-electron chi connectivity index (χ3n) is 3.30. The second-order valence-electron chi connectivity index (χ2n) is 5.39. The molecule has 2 unspecified atom stereocenters. The number of ether oxygens (including phenoxy) is 1.